The fourth-order valence-corrected chi connectivity index (χ4v) is 4.78. The van der Waals surface area contributed by atoms with Crippen molar-refractivity contribution in [2.24, 2.45) is 11.3 Å². The number of ether oxygens (including phenoxy) is 1. The molecule has 1 aliphatic rings. The van der Waals surface area contributed by atoms with Crippen molar-refractivity contribution < 1.29 is 28.9 Å². The van der Waals surface area contributed by atoms with Crippen molar-refractivity contribution in [1.82, 2.24) is 0 Å². The molecule has 2 N–H and O–H groups in total. The number of aliphatic hydroxyl groups is 1. The van der Waals surface area contributed by atoms with E-state index in [2.05, 4.69) is 0 Å². The smallest absolute Gasteiger partial charge is 0.303 e. The number of aliphatic carboxylic acids is 1. The van der Waals surface area contributed by atoms with E-state index in [-0.39, 0.29) is 41.2 Å². The Labute approximate surface area is 181 Å². The SMILES string of the molecule is CC(C)(CCCCC1C(=O)C=CC1SCC(O)COc1ccc(F)cc1)CC(=O)O. The third-order valence-electron chi connectivity index (χ3n) is 5.20. The van der Waals surface area contributed by atoms with Crippen LogP contribution in [0.1, 0.15) is 46.0 Å². The number of rotatable bonds is 13. The van der Waals surface area contributed by atoms with Gasteiger partial charge in [-0.1, -0.05) is 32.8 Å². The van der Waals surface area contributed by atoms with Crippen LogP contribution in [0, 0.1) is 17.2 Å². The second-order valence-corrected chi connectivity index (χ2v) is 9.78. The number of halogens is 1. The summed E-state index contributed by atoms with van der Waals surface area (Å²) in [5.41, 5.74) is -0.244. The number of carboxylic acid groups (broad SMARTS) is 1. The average molecular weight is 439 g/mol. The molecule has 5 nitrogen and oxygen atoms in total. The van der Waals surface area contributed by atoms with Crippen LogP contribution in [0.2, 0.25) is 0 Å². The maximum absolute atomic E-state index is 12.9. The third kappa shape index (κ3) is 8.48. The Morgan fingerprint density at radius 3 is 2.63 bits per heavy atom. The zero-order chi connectivity index (χ0) is 22.1. The van der Waals surface area contributed by atoms with Gasteiger partial charge in [0.15, 0.2) is 5.78 Å². The molecular formula is C23H31FO5S. The molecule has 7 heteroatoms. The van der Waals surface area contributed by atoms with Crippen molar-refractivity contribution in [3.63, 3.8) is 0 Å². The van der Waals surface area contributed by atoms with E-state index >= 15 is 0 Å². The number of carboxylic acids is 1. The second kappa shape index (κ2) is 11.5. The molecule has 0 spiro atoms. The number of unbranched alkanes of at least 4 members (excludes halogenated alkanes) is 1. The van der Waals surface area contributed by atoms with Crippen LogP contribution in [0.5, 0.6) is 5.75 Å². The molecule has 0 bridgehead atoms. The van der Waals surface area contributed by atoms with Crippen LogP contribution in [-0.2, 0) is 9.59 Å². The Hall–Kier alpha value is -1.86. The lowest BCUT2D eigenvalue weighted by Gasteiger charge is -2.23. The van der Waals surface area contributed by atoms with Gasteiger partial charge >= 0.3 is 5.97 Å². The van der Waals surface area contributed by atoms with Gasteiger partial charge in [-0.15, -0.1) is 0 Å². The van der Waals surface area contributed by atoms with Crippen LogP contribution in [0.15, 0.2) is 36.4 Å². The zero-order valence-corrected chi connectivity index (χ0v) is 18.4. The van der Waals surface area contributed by atoms with E-state index in [0.29, 0.717) is 11.5 Å². The zero-order valence-electron chi connectivity index (χ0n) is 17.6. The van der Waals surface area contributed by atoms with Crippen LogP contribution in [0.25, 0.3) is 0 Å². The fraction of sp³-hybridized carbons (Fsp3) is 0.565. The molecular weight excluding hydrogens is 407 g/mol. The van der Waals surface area contributed by atoms with Crippen LogP contribution in [-0.4, -0.2) is 45.7 Å². The lowest BCUT2D eigenvalue weighted by Crippen LogP contribution is -2.24. The first-order valence-electron chi connectivity index (χ1n) is 10.3. The van der Waals surface area contributed by atoms with Gasteiger partial charge in [0.1, 0.15) is 18.2 Å². The minimum atomic E-state index is -0.784. The van der Waals surface area contributed by atoms with Crippen molar-refractivity contribution in [3.05, 3.63) is 42.2 Å². The number of ketones is 1. The van der Waals surface area contributed by atoms with Crippen LogP contribution in [0.4, 0.5) is 4.39 Å². The Balaban J connectivity index is 1.70. The molecule has 1 aliphatic carbocycles. The molecule has 1 aromatic rings. The second-order valence-electron chi connectivity index (χ2n) is 8.57. The summed E-state index contributed by atoms with van der Waals surface area (Å²) in [4.78, 5) is 23.1. The van der Waals surface area contributed by atoms with Gasteiger partial charge in [-0.2, -0.15) is 11.8 Å². The van der Waals surface area contributed by atoms with Crippen molar-refractivity contribution in [2.75, 3.05) is 12.4 Å². The minimum Gasteiger partial charge on any atom is -0.491 e. The standard InChI is InChI=1S/C23H31FO5S/c1-23(2,13-22(27)28)12-4-3-5-19-20(26)10-11-21(19)30-15-17(25)14-29-18-8-6-16(24)7-9-18/h6-11,17,19,21,25H,3-5,12-15H2,1-2H3,(H,27,28). The molecule has 0 radical (unpaired) electrons. The highest BCUT2D eigenvalue weighted by molar-refractivity contribution is 8.00. The molecule has 0 heterocycles. The summed E-state index contributed by atoms with van der Waals surface area (Å²) in [7, 11) is 0. The summed E-state index contributed by atoms with van der Waals surface area (Å²) in [6.07, 6.45) is 6.30. The fourth-order valence-electron chi connectivity index (χ4n) is 3.55. The van der Waals surface area contributed by atoms with E-state index in [1.807, 2.05) is 19.9 Å². The van der Waals surface area contributed by atoms with E-state index < -0.39 is 12.1 Å². The van der Waals surface area contributed by atoms with Gasteiger partial charge in [-0.05, 0) is 48.6 Å². The van der Waals surface area contributed by atoms with Crippen LogP contribution < -0.4 is 4.74 Å². The van der Waals surface area contributed by atoms with E-state index in [1.54, 1.807) is 6.08 Å². The minimum absolute atomic E-state index is 0.0324. The number of benzene rings is 1. The molecule has 0 aromatic heterocycles. The summed E-state index contributed by atoms with van der Waals surface area (Å²) >= 11 is 1.54. The van der Waals surface area contributed by atoms with Crippen molar-refractivity contribution in [3.8, 4) is 5.75 Å². The summed E-state index contributed by atoms with van der Waals surface area (Å²) in [5.74, 6) is -0.163. The van der Waals surface area contributed by atoms with Crippen molar-refractivity contribution in [2.45, 2.75) is 57.3 Å². The Morgan fingerprint density at radius 1 is 1.27 bits per heavy atom. The number of aliphatic hydroxyl groups excluding tert-OH is 1. The summed E-state index contributed by atoms with van der Waals surface area (Å²) < 4.78 is 18.4. The third-order valence-corrected chi connectivity index (χ3v) is 6.65. The van der Waals surface area contributed by atoms with Gasteiger partial charge in [0.2, 0.25) is 0 Å². The van der Waals surface area contributed by atoms with Gasteiger partial charge in [-0.25, -0.2) is 4.39 Å². The maximum atomic E-state index is 12.9. The Bertz CT molecular complexity index is 732. The van der Waals surface area contributed by atoms with Gasteiger partial charge < -0.3 is 14.9 Å². The highest BCUT2D eigenvalue weighted by atomic mass is 32.2. The molecule has 3 atom stereocenters. The molecule has 166 valence electrons. The first-order valence-corrected chi connectivity index (χ1v) is 11.3. The highest BCUT2D eigenvalue weighted by Gasteiger charge is 2.30. The molecule has 0 saturated carbocycles. The Kier molecular flexibility index (Phi) is 9.37. The summed E-state index contributed by atoms with van der Waals surface area (Å²) in [6, 6.07) is 5.64. The van der Waals surface area contributed by atoms with Crippen molar-refractivity contribution in [1.29, 1.82) is 0 Å². The lowest BCUT2D eigenvalue weighted by molar-refractivity contribution is -0.139. The first kappa shape index (κ1) is 24.4. The maximum Gasteiger partial charge on any atom is 0.303 e. The number of carbonyl (C=O) groups excluding carboxylic acids is 1. The Morgan fingerprint density at radius 2 is 1.97 bits per heavy atom. The van der Waals surface area contributed by atoms with Gasteiger partial charge in [0.25, 0.3) is 0 Å². The summed E-state index contributed by atoms with van der Waals surface area (Å²) in [5, 5.41) is 19.2. The van der Waals surface area contributed by atoms with E-state index in [4.69, 9.17) is 9.84 Å². The predicted molar refractivity (Wildman–Crippen MR) is 116 cm³/mol. The molecule has 0 fully saturated rings. The quantitative estimate of drug-likeness (QED) is 0.442. The topological polar surface area (TPSA) is 83.8 Å². The summed E-state index contributed by atoms with van der Waals surface area (Å²) in [6.45, 7) is 4.02. The molecule has 0 aliphatic heterocycles. The average Bonchev–Trinajstić information content (AvgIpc) is 3.02. The molecule has 30 heavy (non-hydrogen) atoms. The van der Waals surface area contributed by atoms with E-state index in [0.717, 1.165) is 25.7 Å². The van der Waals surface area contributed by atoms with Crippen LogP contribution in [0.3, 0.4) is 0 Å². The van der Waals surface area contributed by atoms with Gasteiger partial charge in [0, 0.05) is 16.9 Å². The van der Waals surface area contributed by atoms with E-state index in [1.165, 1.54) is 36.0 Å². The molecule has 1 aromatic carbocycles. The van der Waals surface area contributed by atoms with Crippen molar-refractivity contribution >= 4 is 23.5 Å². The number of carbonyl (C=O) groups is 2. The predicted octanol–water partition coefficient (Wildman–Crippen LogP) is 4.48. The first-order chi connectivity index (χ1) is 14.2. The largest absolute Gasteiger partial charge is 0.491 e. The van der Waals surface area contributed by atoms with Crippen LogP contribution >= 0.6 is 11.8 Å². The van der Waals surface area contributed by atoms with E-state index in [9.17, 15) is 19.1 Å². The van der Waals surface area contributed by atoms with Gasteiger partial charge in [0.05, 0.1) is 12.5 Å². The molecule has 0 amide bonds. The molecule has 0 saturated heterocycles. The lowest BCUT2D eigenvalue weighted by atomic mass is 9.83. The number of hydrogen-bond donors (Lipinski definition) is 2. The monoisotopic (exact) mass is 438 g/mol. The number of hydrogen-bond acceptors (Lipinski definition) is 5. The molecule has 2 rings (SSSR count). The number of allylic oxidation sites excluding steroid dienone is 1. The van der Waals surface area contributed by atoms with Gasteiger partial charge in [-0.3, -0.25) is 9.59 Å². The molecule has 3 unspecified atom stereocenters. The number of thioether (sulfide) groups is 1. The normalized spacial score (nSPS) is 19.8. The highest BCUT2D eigenvalue weighted by Crippen LogP contribution is 2.33.